The van der Waals surface area contributed by atoms with Crippen LogP contribution in [0.3, 0.4) is 0 Å². The fourth-order valence-electron chi connectivity index (χ4n) is 5.66. The molecule has 1 aliphatic carbocycles. The summed E-state index contributed by atoms with van der Waals surface area (Å²) >= 11 is 0. The molecule has 1 saturated heterocycles. The Balaban J connectivity index is 0.00000308. The Bertz CT molecular complexity index is 1400. The quantitative estimate of drug-likeness (QED) is 0.179. The van der Waals surface area contributed by atoms with Crippen LogP contribution in [-0.4, -0.2) is 53.8 Å². The van der Waals surface area contributed by atoms with Crippen molar-refractivity contribution in [2.75, 3.05) is 31.5 Å². The van der Waals surface area contributed by atoms with Crippen molar-refractivity contribution in [1.29, 1.82) is 5.41 Å². The highest BCUT2D eigenvalue weighted by molar-refractivity contribution is 6.16. The van der Waals surface area contributed by atoms with Gasteiger partial charge in [-0.1, -0.05) is 67.8 Å². The van der Waals surface area contributed by atoms with Crippen LogP contribution in [0.5, 0.6) is 0 Å². The minimum atomic E-state index is -0.429. The third-order valence-electron chi connectivity index (χ3n) is 7.83. The number of halogens is 1. The number of piperazine rings is 1. The van der Waals surface area contributed by atoms with Gasteiger partial charge in [-0.25, -0.2) is 9.79 Å². The highest BCUT2D eigenvalue weighted by atomic mass is 35.5. The van der Waals surface area contributed by atoms with Crippen LogP contribution in [0, 0.1) is 5.41 Å². The monoisotopic (exact) mass is 543 g/mol. The van der Waals surface area contributed by atoms with Gasteiger partial charge in [0.1, 0.15) is 0 Å². The smallest absolute Gasteiger partial charge is 0.365 e. The molecular formula is C31H34ClN5O2. The Morgan fingerprint density at radius 1 is 0.923 bits per heavy atom. The van der Waals surface area contributed by atoms with Crippen LogP contribution in [0.1, 0.15) is 49.1 Å². The van der Waals surface area contributed by atoms with Gasteiger partial charge in [0.25, 0.3) is 0 Å². The lowest BCUT2D eigenvalue weighted by atomic mass is 9.84. The van der Waals surface area contributed by atoms with E-state index >= 15 is 0 Å². The van der Waals surface area contributed by atoms with Crippen LogP contribution in [0.4, 0.5) is 5.69 Å². The lowest BCUT2D eigenvalue weighted by Gasteiger charge is -2.35. The molecule has 1 saturated carbocycles. The summed E-state index contributed by atoms with van der Waals surface area (Å²) in [6.45, 7) is 2.76. The summed E-state index contributed by atoms with van der Waals surface area (Å²) in [4.78, 5) is 21.2. The number of aliphatic imine (C=N–C) groups is 1. The van der Waals surface area contributed by atoms with E-state index < -0.39 is 5.97 Å². The third-order valence-corrected chi connectivity index (χ3v) is 7.83. The second kappa shape index (κ2) is 11.9. The minimum absolute atomic E-state index is 0. The summed E-state index contributed by atoms with van der Waals surface area (Å²) < 4.78 is 5.54. The molecule has 3 aliphatic rings. The Morgan fingerprint density at radius 2 is 1.64 bits per heavy atom. The fourth-order valence-corrected chi connectivity index (χ4v) is 5.66. The standard InChI is InChI=1S/C31H33N5O2.ClH/c32-31(33-25-15-13-23(14-16-25)22-7-2-1-3-8-22)36-19-17-35(18-20-36)21-28-30(37)38-29(34-28)27-12-6-10-24-9-4-5-11-26(24)27;/h4-6,9-16,21-22H,1-3,7-8,17-20H2,(H2,32,33);1H/b28-21+;. The maximum absolute atomic E-state index is 12.6. The summed E-state index contributed by atoms with van der Waals surface area (Å²) in [5, 5.41) is 13.9. The van der Waals surface area contributed by atoms with Crippen molar-refractivity contribution in [1.82, 2.24) is 9.80 Å². The highest BCUT2D eigenvalue weighted by Gasteiger charge is 2.27. The van der Waals surface area contributed by atoms with Gasteiger partial charge < -0.3 is 19.9 Å². The van der Waals surface area contributed by atoms with Crippen LogP contribution < -0.4 is 5.32 Å². The molecule has 0 unspecified atom stereocenters. The average molecular weight is 544 g/mol. The first-order chi connectivity index (χ1) is 18.6. The number of hydrogen-bond donors (Lipinski definition) is 2. The van der Waals surface area contributed by atoms with Crippen LogP contribution in [0.15, 0.2) is 83.6 Å². The SMILES string of the molecule is Cl.N=C(Nc1ccc(C2CCCCC2)cc1)N1CCN(/C=C2/N=C(c3cccc4ccccc34)OC2=O)CC1. The van der Waals surface area contributed by atoms with Crippen molar-refractivity contribution in [2.45, 2.75) is 38.0 Å². The van der Waals surface area contributed by atoms with Gasteiger partial charge in [0, 0.05) is 43.6 Å². The Morgan fingerprint density at radius 3 is 2.41 bits per heavy atom. The van der Waals surface area contributed by atoms with Crippen molar-refractivity contribution < 1.29 is 9.53 Å². The van der Waals surface area contributed by atoms with Gasteiger partial charge in [0.05, 0.1) is 0 Å². The van der Waals surface area contributed by atoms with Crippen molar-refractivity contribution in [2.24, 2.45) is 4.99 Å². The van der Waals surface area contributed by atoms with Crippen LogP contribution in [-0.2, 0) is 9.53 Å². The second-order valence-corrected chi connectivity index (χ2v) is 10.3. The maximum Gasteiger partial charge on any atom is 0.365 e. The van der Waals surface area contributed by atoms with Gasteiger partial charge in [0.2, 0.25) is 5.90 Å². The number of rotatable bonds is 4. The number of nitrogens with zero attached hydrogens (tertiary/aromatic N) is 3. The average Bonchev–Trinajstić information content (AvgIpc) is 3.33. The number of nitrogens with one attached hydrogen (secondary N) is 2. The summed E-state index contributed by atoms with van der Waals surface area (Å²) in [6, 6.07) is 22.5. The number of fused-ring (bicyclic) bond motifs is 1. The number of benzene rings is 3. The molecule has 2 fully saturated rings. The van der Waals surface area contributed by atoms with Crippen LogP contribution in [0.25, 0.3) is 10.8 Å². The topological polar surface area (TPSA) is 81.0 Å². The van der Waals surface area contributed by atoms with Crippen molar-refractivity contribution in [3.05, 3.63) is 89.8 Å². The fraction of sp³-hybridized carbons (Fsp3) is 0.323. The Kier molecular flexibility index (Phi) is 8.17. The van der Waals surface area contributed by atoms with Crippen molar-refractivity contribution in [3.8, 4) is 0 Å². The van der Waals surface area contributed by atoms with E-state index in [0.717, 1.165) is 22.0 Å². The summed E-state index contributed by atoms with van der Waals surface area (Å²) in [5.41, 5.74) is 3.49. The minimum Gasteiger partial charge on any atom is -0.402 e. The zero-order valence-corrected chi connectivity index (χ0v) is 22.8. The zero-order chi connectivity index (χ0) is 25.9. The molecule has 6 rings (SSSR count). The molecular weight excluding hydrogens is 510 g/mol. The molecule has 0 atom stereocenters. The predicted octanol–water partition coefficient (Wildman–Crippen LogP) is 6.12. The Labute approximate surface area is 235 Å². The Hall–Kier alpha value is -3.84. The molecule has 0 spiro atoms. The second-order valence-electron chi connectivity index (χ2n) is 10.3. The first-order valence-corrected chi connectivity index (χ1v) is 13.6. The third kappa shape index (κ3) is 5.93. The molecule has 2 heterocycles. The number of anilines is 1. The summed E-state index contributed by atoms with van der Waals surface area (Å²) in [7, 11) is 0. The first-order valence-electron chi connectivity index (χ1n) is 13.6. The van der Waals surface area contributed by atoms with E-state index in [-0.39, 0.29) is 12.4 Å². The molecule has 0 radical (unpaired) electrons. The molecule has 39 heavy (non-hydrogen) atoms. The van der Waals surface area contributed by atoms with Crippen LogP contribution >= 0.6 is 12.4 Å². The van der Waals surface area contributed by atoms with Gasteiger partial charge in [-0.3, -0.25) is 5.41 Å². The summed E-state index contributed by atoms with van der Waals surface area (Å²) in [5.74, 6) is 1.00. The molecule has 0 amide bonds. The van der Waals surface area contributed by atoms with E-state index in [1.165, 1.54) is 37.7 Å². The largest absolute Gasteiger partial charge is 0.402 e. The lowest BCUT2D eigenvalue weighted by molar-refractivity contribution is -0.130. The number of carbonyl (C=O) groups is 1. The molecule has 2 aliphatic heterocycles. The molecule has 3 aromatic rings. The van der Waals surface area contributed by atoms with Gasteiger partial charge >= 0.3 is 5.97 Å². The maximum atomic E-state index is 12.6. The van der Waals surface area contributed by atoms with Crippen LogP contribution in [0.2, 0.25) is 0 Å². The summed E-state index contributed by atoms with van der Waals surface area (Å²) in [6.07, 6.45) is 8.39. The molecule has 2 N–H and O–H groups in total. The van der Waals surface area contributed by atoms with E-state index in [1.807, 2.05) is 47.4 Å². The number of cyclic esters (lactones) is 1. The lowest BCUT2D eigenvalue weighted by Crippen LogP contribution is -2.48. The highest BCUT2D eigenvalue weighted by Crippen LogP contribution is 2.33. The molecule has 8 heteroatoms. The number of esters is 1. The van der Waals surface area contributed by atoms with E-state index in [9.17, 15) is 4.79 Å². The number of guanidine groups is 1. The van der Waals surface area contributed by atoms with Crippen molar-refractivity contribution >= 4 is 46.7 Å². The predicted molar refractivity (Wildman–Crippen MR) is 159 cm³/mol. The molecule has 202 valence electrons. The van der Waals surface area contributed by atoms with Gasteiger partial charge in [-0.15, -0.1) is 12.4 Å². The zero-order valence-electron chi connectivity index (χ0n) is 21.9. The van der Waals surface area contributed by atoms with Gasteiger partial charge in [-0.05, 0) is 53.3 Å². The van der Waals surface area contributed by atoms with E-state index in [4.69, 9.17) is 10.1 Å². The van der Waals surface area contributed by atoms with Gasteiger partial charge in [0.15, 0.2) is 11.7 Å². The molecule has 0 bridgehead atoms. The first kappa shape index (κ1) is 26.8. The van der Waals surface area contributed by atoms with E-state index in [1.54, 1.807) is 6.20 Å². The number of hydrogen-bond acceptors (Lipinski definition) is 5. The molecule has 7 nitrogen and oxygen atoms in total. The van der Waals surface area contributed by atoms with E-state index in [0.29, 0.717) is 49.7 Å². The molecule has 3 aromatic carbocycles. The van der Waals surface area contributed by atoms with E-state index in [2.05, 4.69) is 39.5 Å². The van der Waals surface area contributed by atoms with Gasteiger partial charge in [-0.2, -0.15) is 0 Å². The number of carbonyl (C=O) groups excluding carboxylic acids is 1. The number of ether oxygens (including phenoxy) is 1. The normalized spacial score (nSPS) is 19.0. The van der Waals surface area contributed by atoms with Crippen molar-refractivity contribution in [3.63, 3.8) is 0 Å². The molecule has 0 aromatic heterocycles.